The Bertz CT molecular complexity index is 407. The summed E-state index contributed by atoms with van der Waals surface area (Å²) in [4.78, 5) is 14.4. The van der Waals surface area contributed by atoms with Crippen LogP contribution in [0.1, 0.15) is 26.5 Å². The number of aryl methyl sites for hydroxylation is 1. The Balaban J connectivity index is 2.00. The van der Waals surface area contributed by atoms with E-state index in [4.69, 9.17) is 16.3 Å². The quantitative estimate of drug-likeness (QED) is 0.819. The first kappa shape index (κ1) is 15.2. The van der Waals surface area contributed by atoms with Crippen LogP contribution >= 0.6 is 34.7 Å². The zero-order chi connectivity index (χ0) is 13.7. The summed E-state index contributed by atoms with van der Waals surface area (Å²) >= 11 is 9.29. The smallest absolute Gasteiger partial charge is 0.261 e. The van der Waals surface area contributed by atoms with Crippen molar-refractivity contribution in [1.82, 2.24) is 5.32 Å². The van der Waals surface area contributed by atoms with Crippen molar-refractivity contribution in [2.24, 2.45) is 0 Å². The first-order chi connectivity index (χ1) is 9.24. The number of ether oxygens (including phenoxy) is 1. The van der Waals surface area contributed by atoms with Crippen LogP contribution in [0.2, 0.25) is 0 Å². The summed E-state index contributed by atoms with van der Waals surface area (Å²) < 4.78 is 5.10. The van der Waals surface area contributed by atoms with Crippen LogP contribution in [-0.4, -0.2) is 37.3 Å². The molecule has 2 rings (SSSR count). The molecular weight excluding hydrogens is 302 g/mol. The highest BCUT2D eigenvalue weighted by atomic mass is 35.5. The number of hydrogen-bond donors (Lipinski definition) is 1. The van der Waals surface area contributed by atoms with E-state index in [2.05, 4.69) is 5.32 Å². The summed E-state index contributed by atoms with van der Waals surface area (Å²) in [5.41, 5.74) is 1.33. The maximum absolute atomic E-state index is 12.2. The van der Waals surface area contributed by atoms with Gasteiger partial charge in [-0.1, -0.05) is 0 Å². The van der Waals surface area contributed by atoms with E-state index in [9.17, 15) is 4.79 Å². The number of thioether (sulfide) groups is 1. The number of carbonyl (C=O) groups excluding carboxylic acids is 1. The van der Waals surface area contributed by atoms with E-state index in [0.717, 1.165) is 29.2 Å². The molecule has 0 spiro atoms. The summed E-state index contributed by atoms with van der Waals surface area (Å²) in [6, 6.07) is 2.02. The van der Waals surface area contributed by atoms with Gasteiger partial charge >= 0.3 is 0 Å². The number of rotatable bonds is 6. The van der Waals surface area contributed by atoms with Crippen LogP contribution in [0.5, 0.6) is 0 Å². The topological polar surface area (TPSA) is 38.3 Å². The van der Waals surface area contributed by atoms with E-state index in [1.54, 1.807) is 18.4 Å². The largest absolute Gasteiger partial charge is 0.383 e. The van der Waals surface area contributed by atoms with Gasteiger partial charge in [-0.25, -0.2) is 0 Å². The molecule has 0 radical (unpaired) electrons. The van der Waals surface area contributed by atoms with Gasteiger partial charge < -0.3 is 10.1 Å². The highest BCUT2D eigenvalue weighted by molar-refractivity contribution is 7.98. The third-order valence-corrected chi connectivity index (χ3v) is 5.47. The molecule has 1 aromatic heterocycles. The van der Waals surface area contributed by atoms with Crippen LogP contribution in [0.25, 0.3) is 0 Å². The molecule has 1 atom stereocenters. The standard InChI is InChI=1S/C13H18ClNO2S2/c1-17-7-10(2-4-14)15-13(16)12-6-9-8-18-5-3-11(9)19-12/h6,10H,2-5,7-8H2,1H3,(H,15,16). The first-order valence-electron chi connectivity index (χ1n) is 6.29. The molecule has 0 bridgehead atoms. The number of alkyl halides is 1. The molecule has 0 fully saturated rings. The molecular formula is C13H18ClNO2S2. The molecule has 106 valence electrons. The Morgan fingerprint density at radius 3 is 3.16 bits per heavy atom. The molecule has 1 aliphatic rings. The van der Waals surface area contributed by atoms with Gasteiger partial charge in [-0.2, -0.15) is 11.8 Å². The van der Waals surface area contributed by atoms with Gasteiger partial charge in [-0.05, 0) is 30.2 Å². The average molecular weight is 320 g/mol. The summed E-state index contributed by atoms with van der Waals surface area (Å²) in [6.07, 6.45) is 1.81. The highest BCUT2D eigenvalue weighted by Gasteiger charge is 2.19. The second-order valence-electron chi connectivity index (χ2n) is 4.47. The fourth-order valence-corrected chi connectivity index (χ4v) is 4.58. The maximum Gasteiger partial charge on any atom is 0.261 e. The maximum atomic E-state index is 12.2. The lowest BCUT2D eigenvalue weighted by atomic mass is 10.2. The molecule has 19 heavy (non-hydrogen) atoms. The molecule has 0 saturated carbocycles. The van der Waals surface area contributed by atoms with Gasteiger partial charge in [0, 0.05) is 23.6 Å². The average Bonchev–Trinajstić information content (AvgIpc) is 2.83. The van der Waals surface area contributed by atoms with Crippen molar-refractivity contribution in [1.29, 1.82) is 0 Å². The van der Waals surface area contributed by atoms with Crippen LogP contribution in [-0.2, 0) is 16.9 Å². The van der Waals surface area contributed by atoms with Crippen LogP contribution in [0.15, 0.2) is 6.07 Å². The van der Waals surface area contributed by atoms with E-state index in [1.807, 2.05) is 17.8 Å². The Labute approximate surface area is 127 Å². The molecule has 1 aliphatic heterocycles. The number of amides is 1. The second kappa shape index (κ2) is 7.53. The molecule has 6 heteroatoms. The van der Waals surface area contributed by atoms with Crippen LogP contribution in [0, 0.1) is 0 Å². The fraction of sp³-hybridized carbons (Fsp3) is 0.615. The van der Waals surface area contributed by atoms with Gasteiger partial charge in [0.15, 0.2) is 0 Å². The number of hydrogen-bond acceptors (Lipinski definition) is 4. The van der Waals surface area contributed by atoms with E-state index >= 15 is 0 Å². The summed E-state index contributed by atoms with van der Waals surface area (Å²) in [7, 11) is 1.63. The van der Waals surface area contributed by atoms with Crippen molar-refractivity contribution in [3.05, 3.63) is 21.4 Å². The molecule has 1 aromatic rings. The lowest BCUT2D eigenvalue weighted by Crippen LogP contribution is -2.38. The van der Waals surface area contributed by atoms with Crippen LogP contribution in [0.4, 0.5) is 0 Å². The first-order valence-corrected chi connectivity index (χ1v) is 8.80. The summed E-state index contributed by atoms with van der Waals surface area (Å²) in [6.45, 7) is 0.499. The number of halogens is 1. The van der Waals surface area contributed by atoms with Crippen molar-refractivity contribution in [2.45, 2.75) is 24.6 Å². The Kier molecular flexibility index (Phi) is 6.01. The number of nitrogens with one attached hydrogen (secondary N) is 1. The predicted molar refractivity (Wildman–Crippen MR) is 82.7 cm³/mol. The SMILES string of the molecule is COCC(CCCl)NC(=O)c1cc2c(s1)CCSC2. The highest BCUT2D eigenvalue weighted by Crippen LogP contribution is 2.31. The molecule has 1 amide bonds. The van der Waals surface area contributed by atoms with Gasteiger partial charge in [0.2, 0.25) is 0 Å². The van der Waals surface area contributed by atoms with Gasteiger partial charge in [0.05, 0.1) is 17.5 Å². The molecule has 3 nitrogen and oxygen atoms in total. The van der Waals surface area contributed by atoms with E-state index in [0.29, 0.717) is 12.5 Å². The fourth-order valence-electron chi connectivity index (χ4n) is 2.05. The molecule has 0 aliphatic carbocycles. The van der Waals surface area contributed by atoms with Crippen molar-refractivity contribution >= 4 is 40.6 Å². The zero-order valence-electron chi connectivity index (χ0n) is 10.9. The second-order valence-corrected chi connectivity index (χ2v) is 7.08. The van der Waals surface area contributed by atoms with Crippen molar-refractivity contribution in [2.75, 3.05) is 25.3 Å². The van der Waals surface area contributed by atoms with Crippen molar-refractivity contribution in [3.8, 4) is 0 Å². The number of methoxy groups -OCH3 is 1. The lowest BCUT2D eigenvalue weighted by Gasteiger charge is -2.15. The van der Waals surface area contributed by atoms with E-state index in [-0.39, 0.29) is 11.9 Å². The Morgan fingerprint density at radius 2 is 2.47 bits per heavy atom. The minimum atomic E-state index is -0.0106. The van der Waals surface area contributed by atoms with Gasteiger partial charge in [-0.15, -0.1) is 22.9 Å². The molecule has 1 unspecified atom stereocenters. The lowest BCUT2D eigenvalue weighted by molar-refractivity contribution is 0.0899. The third kappa shape index (κ3) is 4.12. The molecule has 1 N–H and O–H groups in total. The van der Waals surface area contributed by atoms with Gasteiger partial charge in [0.25, 0.3) is 5.91 Å². The van der Waals surface area contributed by atoms with Crippen LogP contribution in [0.3, 0.4) is 0 Å². The molecule has 0 saturated heterocycles. The number of thiophene rings is 1. The number of fused-ring (bicyclic) bond motifs is 1. The minimum Gasteiger partial charge on any atom is -0.383 e. The van der Waals surface area contributed by atoms with Crippen LogP contribution < -0.4 is 5.32 Å². The summed E-state index contributed by atoms with van der Waals surface area (Å²) in [5.74, 6) is 2.71. The molecule has 2 heterocycles. The predicted octanol–water partition coefficient (Wildman–Crippen LogP) is 2.91. The normalized spacial score (nSPS) is 15.9. The van der Waals surface area contributed by atoms with E-state index in [1.165, 1.54) is 10.4 Å². The van der Waals surface area contributed by atoms with E-state index < -0.39 is 0 Å². The minimum absolute atomic E-state index is 0.00318. The molecule has 0 aromatic carbocycles. The van der Waals surface area contributed by atoms with Gasteiger partial charge in [-0.3, -0.25) is 4.79 Å². The number of carbonyl (C=O) groups is 1. The third-order valence-electron chi connectivity index (χ3n) is 3.01. The zero-order valence-corrected chi connectivity index (χ0v) is 13.3. The summed E-state index contributed by atoms with van der Waals surface area (Å²) in [5, 5.41) is 3.00. The van der Waals surface area contributed by atoms with Crippen molar-refractivity contribution < 1.29 is 9.53 Å². The Morgan fingerprint density at radius 1 is 1.63 bits per heavy atom. The monoisotopic (exact) mass is 319 g/mol. The van der Waals surface area contributed by atoms with Gasteiger partial charge in [0.1, 0.15) is 0 Å². The Hall–Kier alpha value is -0.230. The van der Waals surface area contributed by atoms with Crippen molar-refractivity contribution in [3.63, 3.8) is 0 Å².